The summed E-state index contributed by atoms with van der Waals surface area (Å²) in [7, 11) is 0. The molecule has 0 aliphatic heterocycles. The predicted molar refractivity (Wildman–Crippen MR) is 58.8 cm³/mol. The van der Waals surface area contributed by atoms with Crippen molar-refractivity contribution in [2.75, 3.05) is 0 Å². The van der Waals surface area contributed by atoms with Gasteiger partial charge in [0.15, 0.2) is 0 Å². The summed E-state index contributed by atoms with van der Waals surface area (Å²) in [5.41, 5.74) is 2.65. The van der Waals surface area contributed by atoms with Gasteiger partial charge < -0.3 is 5.11 Å². The van der Waals surface area contributed by atoms with Crippen LogP contribution in [0, 0.1) is 5.92 Å². The van der Waals surface area contributed by atoms with Crippen LogP contribution in [0.25, 0.3) is 0 Å². The van der Waals surface area contributed by atoms with Gasteiger partial charge >= 0.3 is 0 Å². The molecule has 4 heteroatoms. The van der Waals surface area contributed by atoms with E-state index in [1.54, 1.807) is 0 Å². The number of carbonyl (C=O) groups is 1. The predicted octanol–water partition coefficient (Wildman–Crippen LogP) is 1.55. The first-order valence-corrected chi connectivity index (χ1v) is 5.25. The summed E-state index contributed by atoms with van der Waals surface area (Å²) >= 11 is 0. The van der Waals surface area contributed by atoms with Gasteiger partial charge in [0.25, 0.3) is 5.91 Å². The summed E-state index contributed by atoms with van der Waals surface area (Å²) in [4.78, 5) is 11.5. The lowest BCUT2D eigenvalue weighted by Crippen LogP contribution is -2.34. The Morgan fingerprint density at radius 2 is 2.27 bits per heavy atom. The monoisotopic (exact) mass is 210 g/mol. The summed E-state index contributed by atoms with van der Waals surface area (Å²) in [5, 5.41) is 9.45. The zero-order valence-electron chi connectivity index (χ0n) is 8.83. The van der Waals surface area contributed by atoms with Gasteiger partial charge in [-0.2, -0.15) is 0 Å². The van der Waals surface area contributed by atoms with E-state index >= 15 is 0 Å². The highest BCUT2D eigenvalue weighted by atomic mass is 16.3. The third-order valence-corrected chi connectivity index (χ3v) is 2.73. The highest BCUT2D eigenvalue weighted by molar-refractivity contribution is 5.93. The molecule has 0 aromatic rings. The molecule has 1 aliphatic carbocycles. The molecule has 4 N–H and O–H groups in total. The quantitative estimate of drug-likeness (QED) is 0.280. The van der Waals surface area contributed by atoms with E-state index in [2.05, 4.69) is 12.0 Å². The molecule has 0 saturated carbocycles. The number of amides is 1. The molecule has 1 aliphatic rings. The largest absolute Gasteiger partial charge is 0.512 e. The van der Waals surface area contributed by atoms with E-state index in [1.165, 1.54) is 0 Å². The van der Waals surface area contributed by atoms with E-state index in [4.69, 9.17) is 5.84 Å². The van der Waals surface area contributed by atoms with E-state index < -0.39 is 0 Å². The van der Waals surface area contributed by atoms with Crippen molar-refractivity contribution in [3.8, 4) is 0 Å². The normalized spacial score (nSPS) is 25.7. The summed E-state index contributed by atoms with van der Waals surface area (Å²) < 4.78 is 0. The number of rotatable bonds is 2. The molecular weight excluding hydrogens is 192 g/mol. The SMILES string of the molecule is C=C(O)C1CCCCC/C=C\1C(=O)NN. The zero-order valence-corrected chi connectivity index (χ0v) is 8.83. The van der Waals surface area contributed by atoms with Gasteiger partial charge in [-0.05, 0) is 19.3 Å². The molecular formula is C11H18N2O2. The number of carbonyl (C=O) groups excluding carboxylic acids is 1. The molecule has 0 spiro atoms. The third-order valence-electron chi connectivity index (χ3n) is 2.73. The van der Waals surface area contributed by atoms with Gasteiger partial charge in [-0.1, -0.05) is 25.5 Å². The maximum atomic E-state index is 11.5. The van der Waals surface area contributed by atoms with Crippen LogP contribution in [-0.4, -0.2) is 11.0 Å². The molecule has 0 bridgehead atoms. The van der Waals surface area contributed by atoms with Crippen LogP contribution in [-0.2, 0) is 4.79 Å². The minimum atomic E-state index is -0.322. The van der Waals surface area contributed by atoms with Gasteiger partial charge in [0.05, 0.1) is 5.76 Å². The van der Waals surface area contributed by atoms with Crippen molar-refractivity contribution in [2.24, 2.45) is 11.8 Å². The van der Waals surface area contributed by atoms with Crippen LogP contribution in [0.3, 0.4) is 0 Å². The molecule has 1 rings (SSSR count). The summed E-state index contributed by atoms with van der Waals surface area (Å²) in [6.07, 6.45) is 6.66. The van der Waals surface area contributed by atoms with Crippen LogP contribution in [0.1, 0.15) is 32.1 Å². The standard InChI is InChI=1S/C11H18N2O2/c1-8(14)9-6-4-2-3-5-7-10(9)11(15)13-12/h7,9,14H,1-6,12H2,(H,13,15)/b10-7+. The Balaban J connectivity index is 2.89. The van der Waals surface area contributed by atoms with E-state index in [0.717, 1.165) is 32.1 Å². The van der Waals surface area contributed by atoms with Crippen LogP contribution in [0.15, 0.2) is 24.0 Å². The molecule has 84 valence electrons. The average Bonchev–Trinajstić information content (AvgIpc) is 2.16. The Morgan fingerprint density at radius 1 is 1.53 bits per heavy atom. The lowest BCUT2D eigenvalue weighted by molar-refractivity contribution is -0.118. The Hall–Kier alpha value is -1.29. The Bertz CT molecular complexity index is 284. The van der Waals surface area contributed by atoms with E-state index in [9.17, 15) is 9.90 Å². The van der Waals surface area contributed by atoms with Crippen LogP contribution >= 0.6 is 0 Å². The van der Waals surface area contributed by atoms with E-state index in [0.29, 0.717) is 5.57 Å². The molecule has 0 heterocycles. The first-order chi connectivity index (χ1) is 7.16. The summed E-state index contributed by atoms with van der Waals surface area (Å²) in [6, 6.07) is 0. The minimum absolute atomic E-state index is 0.0479. The van der Waals surface area contributed by atoms with Crippen LogP contribution < -0.4 is 11.3 Å². The Morgan fingerprint density at radius 3 is 2.87 bits per heavy atom. The molecule has 1 unspecified atom stereocenters. The highest BCUT2D eigenvalue weighted by Gasteiger charge is 2.23. The van der Waals surface area contributed by atoms with Crippen molar-refractivity contribution in [1.29, 1.82) is 0 Å². The number of aliphatic hydroxyl groups excluding tert-OH is 1. The number of hydrogen-bond acceptors (Lipinski definition) is 3. The second-order valence-corrected chi connectivity index (χ2v) is 3.81. The fourth-order valence-electron chi connectivity index (χ4n) is 1.91. The molecule has 0 aromatic carbocycles. The second-order valence-electron chi connectivity index (χ2n) is 3.81. The maximum absolute atomic E-state index is 11.5. The van der Waals surface area contributed by atoms with Gasteiger partial charge in [0.2, 0.25) is 0 Å². The maximum Gasteiger partial charge on any atom is 0.261 e. The molecule has 0 fully saturated rings. The van der Waals surface area contributed by atoms with Crippen molar-refractivity contribution >= 4 is 5.91 Å². The number of hydrazine groups is 1. The average molecular weight is 210 g/mol. The number of nitrogens with two attached hydrogens (primary N) is 1. The topological polar surface area (TPSA) is 75.3 Å². The van der Waals surface area contributed by atoms with Crippen LogP contribution in [0.5, 0.6) is 0 Å². The van der Waals surface area contributed by atoms with Crippen LogP contribution in [0.2, 0.25) is 0 Å². The fourth-order valence-corrected chi connectivity index (χ4v) is 1.91. The molecule has 0 saturated heterocycles. The molecule has 0 radical (unpaired) electrons. The Labute approximate surface area is 89.8 Å². The number of allylic oxidation sites excluding steroid dienone is 2. The Kier molecular flexibility index (Phi) is 4.37. The van der Waals surface area contributed by atoms with Crippen molar-refractivity contribution in [3.63, 3.8) is 0 Å². The second kappa shape index (κ2) is 5.56. The number of nitrogens with one attached hydrogen (secondary N) is 1. The molecule has 1 amide bonds. The lowest BCUT2D eigenvalue weighted by atomic mass is 9.87. The van der Waals surface area contributed by atoms with Gasteiger partial charge in [-0.15, -0.1) is 0 Å². The van der Waals surface area contributed by atoms with E-state index in [1.807, 2.05) is 6.08 Å². The smallest absolute Gasteiger partial charge is 0.261 e. The number of aliphatic hydroxyl groups is 1. The molecule has 1 atom stereocenters. The van der Waals surface area contributed by atoms with Crippen LogP contribution in [0.4, 0.5) is 0 Å². The van der Waals surface area contributed by atoms with Gasteiger partial charge in [0, 0.05) is 11.5 Å². The molecule has 0 aromatic heterocycles. The lowest BCUT2D eigenvalue weighted by Gasteiger charge is -2.20. The number of hydrogen-bond donors (Lipinski definition) is 3. The van der Waals surface area contributed by atoms with Crippen molar-refractivity contribution in [1.82, 2.24) is 5.43 Å². The van der Waals surface area contributed by atoms with Crippen molar-refractivity contribution < 1.29 is 9.90 Å². The summed E-state index contributed by atoms with van der Waals surface area (Å²) in [6.45, 7) is 3.51. The first-order valence-electron chi connectivity index (χ1n) is 5.25. The van der Waals surface area contributed by atoms with Gasteiger partial charge in [-0.25, -0.2) is 5.84 Å². The van der Waals surface area contributed by atoms with E-state index in [-0.39, 0.29) is 17.6 Å². The minimum Gasteiger partial charge on any atom is -0.512 e. The molecule has 15 heavy (non-hydrogen) atoms. The van der Waals surface area contributed by atoms with Gasteiger partial charge in [0.1, 0.15) is 0 Å². The third kappa shape index (κ3) is 3.09. The summed E-state index contributed by atoms with van der Waals surface area (Å²) in [5.74, 6) is 4.56. The van der Waals surface area contributed by atoms with Crippen molar-refractivity contribution in [3.05, 3.63) is 24.0 Å². The zero-order chi connectivity index (χ0) is 11.3. The molecule has 4 nitrogen and oxygen atoms in total. The van der Waals surface area contributed by atoms with Gasteiger partial charge in [-0.3, -0.25) is 10.2 Å². The highest BCUT2D eigenvalue weighted by Crippen LogP contribution is 2.27. The first kappa shape index (κ1) is 11.8. The fraction of sp³-hybridized carbons (Fsp3) is 0.545. The van der Waals surface area contributed by atoms with Crippen molar-refractivity contribution in [2.45, 2.75) is 32.1 Å².